The van der Waals surface area contributed by atoms with E-state index in [9.17, 15) is 14.9 Å². The fourth-order valence-corrected chi connectivity index (χ4v) is 1.97. The van der Waals surface area contributed by atoms with Crippen molar-refractivity contribution in [1.29, 1.82) is 0 Å². The normalized spacial score (nSPS) is 10.1. The summed E-state index contributed by atoms with van der Waals surface area (Å²) in [6, 6.07) is 11.2. The van der Waals surface area contributed by atoms with Gasteiger partial charge in [0.05, 0.1) is 4.92 Å². The highest BCUT2D eigenvalue weighted by Gasteiger charge is 2.14. The third-order valence-corrected chi connectivity index (χ3v) is 3.01. The van der Waals surface area contributed by atoms with Crippen molar-refractivity contribution in [1.82, 2.24) is 0 Å². The number of carbonyl (C=O) groups excluding carboxylic acids is 1. The molecule has 7 nitrogen and oxygen atoms in total. The summed E-state index contributed by atoms with van der Waals surface area (Å²) in [5, 5.41) is 11.0. The molecule has 0 saturated carbocycles. The molecule has 7 heteroatoms. The highest BCUT2D eigenvalue weighted by Crippen LogP contribution is 2.27. The van der Waals surface area contributed by atoms with Crippen LogP contribution in [-0.2, 0) is 4.79 Å². The molecular weight excluding hydrogens is 314 g/mol. The fraction of sp³-hybridized carbons (Fsp3) is 0.235. The van der Waals surface area contributed by atoms with Crippen molar-refractivity contribution in [3.05, 3.63) is 58.1 Å². The maximum atomic E-state index is 11.0. The van der Waals surface area contributed by atoms with Gasteiger partial charge in [-0.2, -0.15) is 0 Å². The van der Waals surface area contributed by atoms with E-state index in [1.165, 1.54) is 13.0 Å². The van der Waals surface area contributed by atoms with E-state index < -0.39 is 10.9 Å². The number of esters is 1. The average molecular weight is 331 g/mol. The zero-order valence-electron chi connectivity index (χ0n) is 13.4. The minimum atomic E-state index is -0.483. The quantitative estimate of drug-likeness (QED) is 0.254. The Kier molecular flexibility index (Phi) is 5.73. The van der Waals surface area contributed by atoms with Gasteiger partial charge in [-0.15, -0.1) is 0 Å². The van der Waals surface area contributed by atoms with E-state index in [1.807, 2.05) is 6.92 Å². The molecule has 0 heterocycles. The number of aryl methyl sites for hydroxylation is 1. The molecule has 0 aliphatic rings. The Balaban J connectivity index is 1.86. The largest absolute Gasteiger partial charge is 0.490 e. The zero-order valence-corrected chi connectivity index (χ0v) is 13.4. The van der Waals surface area contributed by atoms with Gasteiger partial charge < -0.3 is 14.2 Å². The van der Waals surface area contributed by atoms with Crippen molar-refractivity contribution in [2.45, 2.75) is 13.8 Å². The number of nitro groups is 1. The van der Waals surface area contributed by atoms with Gasteiger partial charge in [0.15, 0.2) is 5.75 Å². The number of ether oxygens (including phenoxy) is 3. The lowest BCUT2D eigenvalue weighted by atomic mass is 10.2. The van der Waals surface area contributed by atoms with Crippen molar-refractivity contribution in [3.8, 4) is 17.2 Å². The van der Waals surface area contributed by atoms with E-state index in [0.717, 1.165) is 5.56 Å². The summed E-state index contributed by atoms with van der Waals surface area (Å²) in [4.78, 5) is 21.3. The SMILES string of the molecule is CC(=O)Oc1ccc(OCCOc2cc(C)ccc2[N+](=O)[O-])cc1. The molecule has 0 aromatic heterocycles. The van der Waals surface area contributed by atoms with Gasteiger partial charge in [-0.05, 0) is 42.8 Å². The summed E-state index contributed by atoms with van der Waals surface area (Å²) in [7, 11) is 0. The highest BCUT2D eigenvalue weighted by atomic mass is 16.6. The number of rotatable bonds is 7. The van der Waals surface area contributed by atoms with Gasteiger partial charge in [-0.3, -0.25) is 14.9 Å². The minimum Gasteiger partial charge on any atom is -0.490 e. The number of carbonyl (C=O) groups is 1. The molecule has 2 rings (SSSR count). The first-order valence-electron chi connectivity index (χ1n) is 7.25. The molecule has 2 aromatic carbocycles. The summed E-state index contributed by atoms with van der Waals surface area (Å²) in [6.45, 7) is 3.54. The zero-order chi connectivity index (χ0) is 17.5. The maximum Gasteiger partial charge on any atom is 0.310 e. The van der Waals surface area contributed by atoms with Crippen LogP contribution in [0.4, 0.5) is 5.69 Å². The van der Waals surface area contributed by atoms with Gasteiger partial charge in [0.1, 0.15) is 24.7 Å². The molecule has 0 saturated heterocycles. The Labute approximate surface area is 138 Å². The topological polar surface area (TPSA) is 87.9 Å². The Hall–Kier alpha value is -3.09. The van der Waals surface area contributed by atoms with E-state index in [-0.39, 0.29) is 24.7 Å². The van der Waals surface area contributed by atoms with Crippen LogP contribution < -0.4 is 14.2 Å². The Morgan fingerprint density at radius 2 is 1.67 bits per heavy atom. The van der Waals surface area contributed by atoms with Crippen LogP contribution in [0.2, 0.25) is 0 Å². The van der Waals surface area contributed by atoms with E-state index in [1.54, 1.807) is 36.4 Å². The number of nitrogens with zero attached hydrogens (tertiary/aromatic N) is 1. The van der Waals surface area contributed by atoms with Gasteiger partial charge in [-0.25, -0.2) is 0 Å². The second-order valence-corrected chi connectivity index (χ2v) is 4.99. The molecular formula is C17H17NO6. The van der Waals surface area contributed by atoms with Gasteiger partial charge in [0.2, 0.25) is 0 Å². The number of benzene rings is 2. The van der Waals surface area contributed by atoms with Crippen LogP contribution in [0.5, 0.6) is 17.2 Å². The summed E-state index contributed by atoms with van der Waals surface area (Å²) in [6.07, 6.45) is 0. The second-order valence-electron chi connectivity index (χ2n) is 4.99. The molecule has 0 aliphatic carbocycles. The van der Waals surface area contributed by atoms with Crippen molar-refractivity contribution in [2.75, 3.05) is 13.2 Å². The van der Waals surface area contributed by atoms with E-state index in [0.29, 0.717) is 11.5 Å². The summed E-state index contributed by atoms with van der Waals surface area (Å²) in [5.41, 5.74) is 0.795. The van der Waals surface area contributed by atoms with Crippen LogP contribution in [0.15, 0.2) is 42.5 Å². The first-order valence-corrected chi connectivity index (χ1v) is 7.25. The van der Waals surface area contributed by atoms with Gasteiger partial charge in [0.25, 0.3) is 0 Å². The van der Waals surface area contributed by atoms with E-state index >= 15 is 0 Å². The fourth-order valence-electron chi connectivity index (χ4n) is 1.97. The van der Waals surface area contributed by atoms with Gasteiger partial charge in [0, 0.05) is 13.0 Å². The average Bonchev–Trinajstić information content (AvgIpc) is 2.52. The summed E-state index contributed by atoms with van der Waals surface area (Å²) < 4.78 is 15.8. The minimum absolute atomic E-state index is 0.0775. The van der Waals surface area contributed by atoms with Crippen molar-refractivity contribution in [3.63, 3.8) is 0 Å². The Morgan fingerprint density at radius 1 is 1.04 bits per heavy atom. The third kappa shape index (κ3) is 4.98. The number of nitro benzene ring substituents is 1. The second kappa shape index (κ2) is 7.96. The maximum absolute atomic E-state index is 11.0. The highest BCUT2D eigenvalue weighted by molar-refractivity contribution is 5.69. The molecule has 24 heavy (non-hydrogen) atoms. The molecule has 0 aliphatic heterocycles. The molecule has 0 N–H and O–H groups in total. The lowest BCUT2D eigenvalue weighted by molar-refractivity contribution is -0.385. The van der Waals surface area contributed by atoms with Crippen LogP contribution in [0.1, 0.15) is 12.5 Å². The predicted molar refractivity (Wildman–Crippen MR) is 86.6 cm³/mol. The summed E-state index contributed by atoms with van der Waals surface area (Å²) in [5.74, 6) is 0.834. The summed E-state index contributed by atoms with van der Waals surface area (Å²) >= 11 is 0. The monoisotopic (exact) mass is 331 g/mol. The Bertz CT molecular complexity index is 726. The molecule has 0 radical (unpaired) electrons. The van der Waals surface area contributed by atoms with Crippen molar-refractivity contribution >= 4 is 11.7 Å². The Morgan fingerprint density at radius 3 is 2.29 bits per heavy atom. The molecule has 2 aromatic rings. The lowest BCUT2D eigenvalue weighted by Crippen LogP contribution is -2.10. The molecule has 0 spiro atoms. The molecule has 0 atom stereocenters. The molecule has 0 bridgehead atoms. The van der Waals surface area contributed by atoms with E-state index in [4.69, 9.17) is 14.2 Å². The van der Waals surface area contributed by atoms with Crippen molar-refractivity contribution < 1.29 is 23.9 Å². The van der Waals surface area contributed by atoms with Crippen LogP contribution >= 0.6 is 0 Å². The van der Waals surface area contributed by atoms with Crippen molar-refractivity contribution in [2.24, 2.45) is 0 Å². The standard InChI is InChI=1S/C17H17NO6/c1-12-3-8-16(18(20)21)17(11-12)23-10-9-22-14-4-6-15(7-5-14)24-13(2)19/h3-8,11H,9-10H2,1-2H3. The number of hydrogen-bond acceptors (Lipinski definition) is 6. The molecule has 0 unspecified atom stereocenters. The number of hydrogen-bond donors (Lipinski definition) is 0. The van der Waals surface area contributed by atoms with Crippen LogP contribution in [0.25, 0.3) is 0 Å². The predicted octanol–water partition coefficient (Wildman–Crippen LogP) is 3.29. The third-order valence-electron chi connectivity index (χ3n) is 3.01. The van der Waals surface area contributed by atoms with E-state index in [2.05, 4.69) is 0 Å². The molecule has 0 amide bonds. The van der Waals surface area contributed by atoms with Crippen LogP contribution in [-0.4, -0.2) is 24.1 Å². The molecule has 126 valence electrons. The first kappa shape index (κ1) is 17.3. The van der Waals surface area contributed by atoms with Crippen LogP contribution in [0, 0.1) is 17.0 Å². The first-order chi connectivity index (χ1) is 11.5. The lowest BCUT2D eigenvalue weighted by Gasteiger charge is -2.09. The van der Waals surface area contributed by atoms with Gasteiger partial charge >= 0.3 is 11.7 Å². The molecule has 0 fully saturated rings. The smallest absolute Gasteiger partial charge is 0.310 e. The van der Waals surface area contributed by atoms with Gasteiger partial charge in [-0.1, -0.05) is 6.07 Å². The van der Waals surface area contributed by atoms with Crippen LogP contribution in [0.3, 0.4) is 0 Å².